The molecular formula is C19H12O2. The van der Waals surface area contributed by atoms with Gasteiger partial charge in [0.25, 0.3) is 0 Å². The zero-order valence-corrected chi connectivity index (χ0v) is 11.2. The van der Waals surface area contributed by atoms with Gasteiger partial charge in [0.05, 0.1) is 5.56 Å². The lowest BCUT2D eigenvalue weighted by Crippen LogP contribution is -1.98. The summed E-state index contributed by atoms with van der Waals surface area (Å²) >= 11 is 0. The molecule has 100 valence electrons. The Hall–Kier alpha value is -2.87. The minimum atomic E-state index is -0.888. The molecule has 0 spiro atoms. The lowest BCUT2D eigenvalue weighted by Gasteiger charge is -2.11. The van der Waals surface area contributed by atoms with E-state index in [9.17, 15) is 9.90 Å². The number of aromatic carboxylic acids is 1. The molecule has 0 heterocycles. The van der Waals surface area contributed by atoms with E-state index in [2.05, 4.69) is 18.2 Å². The van der Waals surface area contributed by atoms with Gasteiger partial charge < -0.3 is 5.11 Å². The maximum atomic E-state index is 11.6. The highest BCUT2D eigenvalue weighted by Gasteiger charge is 2.14. The van der Waals surface area contributed by atoms with Gasteiger partial charge in [-0.05, 0) is 33.0 Å². The van der Waals surface area contributed by atoms with Crippen LogP contribution in [0.5, 0.6) is 0 Å². The summed E-state index contributed by atoms with van der Waals surface area (Å²) in [6, 6.07) is 21.6. The number of carboxylic acids is 1. The lowest BCUT2D eigenvalue weighted by molar-refractivity contribution is 0.0699. The van der Waals surface area contributed by atoms with Gasteiger partial charge >= 0.3 is 5.97 Å². The summed E-state index contributed by atoms with van der Waals surface area (Å²) in [5.41, 5.74) is 0.356. The maximum absolute atomic E-state index is 11.6. The van der Waals surface area contributed by atoms with Crippen LogP contribution in [0.1, 0.15) is 10.4 Å². The molecule has 0 fully saturated rings. The standard InChI is InChI=1S/C19H12O2/c20-19(21)17-11-5-10-16-14-7-2-1-6-12(14)13-8-3-4-9-15(13)18(16)17/h1-11H,(H,20,21). The predicted molar refractivity (Wildman–Crippen MR) is 85.9 cm³/mol. The molecule has 21 heavy (non-hydrogen) atoms. The van der Waals surface area contributed by atoms with Crippen LogP contribution in [-0.2, 0) is 0 Å². The van der Waals surface area contributed by atoms with Crippen molar-refractivity contribution in [3.05, 3.63) is 72.3 Å². The fourth-order valence-corrected chi connectivity index (χ4v) is 3.13. The average Bonchev–Trinajstić information content (AvgIpc) is 2.54. The van der Waals surface area contributed by atoms with Crippen molar-refractivity contribution in [3.8, 4) is 0 Å². The molecule has 0 amide bonds. The second-order valence-corrected chi connectivity index (χ2v) is 5.12. The van der Waals surface area contributed by atoms with Crippen molar-refractivity contribution in [3.63, 3.8) is 0 Å². The molecule has 2 nitrogen and oxygen atoms in total. The molecule has 0 aromatic heterocycles. The maximum Gasteiger partial charge on any atom is 0.336 e. The van der Waals surface area contributed by atoms with Crippen LogP contribution in [0.4, 0.5) is 0 Å². The van der Waals surface area contributed by atoms with Crippen molar-refractivity contribution in [1.29, 1.82) is 0 Å². The molecule has 0 radical (unpaired) electrons. The molecule has 4 aromatic carbocycles. The summed E-state index contributed by atoms with van der Waals surface area (Å²) in [6.07, 6.45) is 0. The number of hydrogen-bond donors (Lipinski definition) is 1. The van der Waals surface area contributed by atoms with Crippen LogP contribution in [0.2, 0.25) is 0 Å². The molecule has 0 unspecified atom stereocenters. The van der Waals surface area contributed by atoms with E-state index in [1.54, 1.807) is 6.07 Å². The molecule has 1 N–H and O–H groups in total. The van der Waals surface area contributed by atoms with Gasteiger partial charge in [-0.15, -0.1) is 0 Å². The third kappa shape index (κ3) is 1.62. The van der Waals surface area contributed by atoms with E-state index in [0.29, 0.717) is 5.56 Å². The van der Waals surface area contributed by atoms with Crippen molar-refractivity contribution in [1.82, 2.24) is 0 Å². The minimum Gasteiger partial charge on any atom is -0.478 e. The fourth-order valence-electron chi connectivity index (χ4n) is 3.13. The van der Waals surface area contributed by atoms with E-state index in [1.165, 1.54) is 0 Å². The summed E-state index contributed by atoms with van der Waals surface area (Å²) in [6.45, 7) is 0. The third-order valence-electron chi connectivity index (χ3n) is 4.00. The molecule has 0 aliphatic rings. The van der Waals surface area contributed by atoms with Gasteiger partial charge in [-0.1, -0.05) is 60.7 Å². The average molecular weight is 272 g/mol. The zero-order valence-electron chi connectivity index (χ0n) is 11.2. The summed E-state index contributed by atoms with van der Waals surface area (Å²) in [5.74, 6) is -0.888. The highest BCUT2D eigenvalue weighted by molar-refractivity contribution is 6.28. The van der Waals surface area contributed by atoms with Crippen molar-refractivity contribution in [2.45, 2.75) is 0 Å². The smallest absolute Gasteiger partial charge is 0.336 e. The van der Waals surface area contributed by atoms with E-state index in [0.717, 1.165) is 32.3 Å². The van der Waals surface area contributed by atoms with Gasteiger partial charge in [-0.2, -0.15) is 0 Å². The quantitative estimate of drug-likeness (QED) is 0.503. The molecular weight excluding hydrogens is 260 g/mol. The summed E-state index contributed by atoms with van der Waals surface area (Å²) in [4.78, 5) is 11.6. The molecule has 0 atom stereocenters. The van der Waals surface area contributed by atoms with E-state index in [-0.39, 0.29) is 0 Å². The van der Waals surface area contributed by atoms with E-state index in [4.69, 9.17) is 0 Å². The SMILES string of the molecule is O=C(O)c1cccc2c3ccccc3c3ccccc3c12. The first-order valence-electron chi connectivity index (χ1n) is 6.83. The first kappa shape index (κ1) is 11.9. The number of hydrogen-bond acceptors (Lipinski definition) is 1. The van der Waals surface area contributed by atoms with Crippen LogP contribution in [0.15, 0.2) is 66.7 Å². The van der Waals surface area contributed by atoms with Crippen LogP contribution >= 0.6 is 0 Å². The van der Waals surface area contributed by atoms with E-state index < -0.39 is 5.97 Å². The van der Waals surface area contributed by atoms with Crippen LogP contribution in [0, 0.1) is 0 Å². The highest BCUT2D eigenvalue weighted by atomic mass is 16.4. The van der Waals surface area contributed by atoms with E-state index >= 15 is 0 Å². The molecule has 4 rings (SSSR count). The van der Waals surface area contributed by atoms with Gasteiger partial charge in [-0.3, -0.25) is 0 Å². The molecule has 0 saturated heterocycles. The summed E-state index contributed by atoms with van der Waals surface area (Å²) in [5, 5.41) is 15.7. The second-order valence-electron chi connectivity index (χ2n) is 5.12. The van der Waals surface area contributed by atoms with Gasteiger partial charge in [0.15, 0.2) is 0 Å². The zero-order chi connectivity index (χ0) is 14.4. The highest BCUT2D eigenvalue weighted by Crippen LogP contribution is 2.36. The molecule has 0 aliphatic carbocycles. The normalized spacial score (nSPS) is 11.2. The number of fused-ring (bicyclic) bond motifs is 6. The van der Waals surface area contributed by atoms with Crippen molar-refractivity contribution in [2.24, 2.45) is 0 Å². The van der Waals surface area contributed by atoms with Crippen molar-refractivity contribution in [2.75, 3.05) is 0 Å². The summed E-state index contributed by atoms with van der Waals surface area (Å²) < 4.78 is 0. The predicted octanol–water partition coefficient (Wildman–Crippen LogP) is 4.84. The van der Waals surface area contributed by atoms with Crippen LogP contribution in [0.25, 0.3) is 32.3 Å². The van der Waals surface area contributed by atoms with Crippen LogP contribution in [0.3, 0.4) is 0 Å². The number of carbonyl (C=O) groups is 1. The minimum absolute atomic E-state index is 0.356. The Morgan fingerprint density at radius 3 is 1.57 bits per heavy atom. The van der Waals surface area contributed by atoms with Crippen molar-refractivity contribution < 1.29 is 9.90 Å². The summed E-state index contributed by atoms with van der Waals surface area (Å²) in [7, 11) is 0. The monoisotopic (exact) mass is 272 g/mol. The fraction of sp³-hybridized carbons (Fsp3) is 0. The molecule has 2 heteroatoms. The van der Waals surface area contributed by atoms with E-state index in [1.807, 2.05) is 42.5 Å². The topological polar surface area (TPSA) is 37.3 Å². The Kier molecular flexibility index (Phi) is 2.45. The Labute approximate surface area is 121 Å². The number of benzene rings is 4. The molecule has 0 bridgehead atoms. The first-order chi connectivity index (χ1) is 10.3. The van der Waals surface area contributed by atoms with Crippen LogP contribution < -0.4 is 0 Å². The Morgan fingerprint density at radius 2 is 1.05 bits per heavy atom. The Balaban J connectivity index is 2.43. The van der Waals surface area contributed by atoms with Crippen molar-refractivity contribution >= 4 is 38.3 Å². The van der Waals surface area contributed by atoms with Gasteiger partial charge in [0, 0.05) is 5.39 Å². The molecule has 4 aromatic rings. The first-order valence-corrected chi connectivity index (χ1v) is 6.83. The molecule has 0 saturated carbocycles. The Bertz CT molecular complexity index is 971. The number of rotatable bonds is 1. The van der Waals surface area contributed by atoms with Gasteiger partial charge in [0.1, 0.15) is 0 Å². The second kappa shape index (κ2) is 4.32. The molecule has 0 aliphatic heterocycles. The van der Waals surface area contributed by atoms with Crippen LogP contribution in [-0.4, -0.2) is 11.1 Å². The third-order valence-corrected chi connectivity index (χ3v) is 4.00. The Morgan fingerprint density at radius 1 is 0.619 bits per heavy atom. The largest absolute Gasteiger partial charge is 0.478 e. The lowest BCUT2D eigenvalue weighted by atomic mass is 9.92. The van der Waals surface area contributed by atoms with Gasteiger partial charge in [-0.25, -0.2) is 4.79 Å². The number of carboxylic acid groups (broad SMARTS) is 1. The van der Waals surface area contributed by atoms with Gasteiger partial charge in [0.2, 0.25) is 0 Å².